The van der Waals surface area contributed by atoms with Gasteiger partial charge in [-0.2, -0.15) is 0 Å². The molecule has 0 bridgehead atoms. The van der Waals surface area contributed by atoms with Crippen molar-refractivity contribution in [3.05, 3.63) is 17.3 Å². The highest BCUT2D eigenvalue weighted by molar-refractivity contribution is 7.16. The average molecular weight is 293 g/mol. The first-order valence-electron chi connectivity index (χ1n) is 6.81. The summed E-state index contributed by atoms with van der Waals surface area (Å²) in [6.45, 7) is 5.66. The van der Waals surface area contributed by atoms with Gasteiger partial charge in [-0.15, -0.1) is 11.3 Å². The summed E-state index contributed by atoms with van der Waals surface area (Å²) in [4.78, 5) is 14.6. The van der Waals surface area contributed by atoms with Crippen LogP contribution >= 0.6 is 11.3 Å². The second kappa shape index (κ2) is 6.01. The molecule has 0 radical (unpaired) electrons. The quantitative estimate of drug-likeness (QED) is 0.849. The Labute approximate surface area is 121 Å². The van der Waals surface area contributed by atoms with Gasteiger partial charge in [-0.1, -0.05) is 0 Å². The first kappa shape index (κ1) is 13.7. The van der Waals surface area contributed by atoms with Gasteiger partial charge in [-0.3, -0.25) is 9.80 Å². The van der Waals surface area contributed by atoms with Crippen molar-refractivity contribution in [3.8, 4) is 0 Å². The second-order valence-corrected chi connectivity index (χ2v) is 5.90. The van der Waals surface area contributed by atoms with Crippen molar-refractivity contribution in [2.24, 2.45) is 0 Å². The molecule has 0 aromatic carbocycles. The van der Waals surface area contributed by atoms with Gasteiger partial charge in [0.1, 0.15) is 16.5 Å². The molecule has 2 aromatic heterocycles. The van der Waals surface area contributed by atoms with Crippen LogP contribution in [-0.2, 0) is 6.54 Å². The minimum atomic E-state index is 0.231. The maximum atomic E-state index is 8.94. The third-order valence-corrected chi connectivity index (χ3v) is 4.45. The Morgan fingerprint density at radius 1 is 1.20 bits per heavy atom. The molecule has 7 heteroatoms. The molecule has 108 valence electrons. The Morgan fingerprint density at radius 2 is 1.95 bits per heavy atom. The standard InChI is InChI=1S/C13H19N5OS/c14-12-10-1-8-20-13(10)16-11(15-12)9-18-4-2-17(3-5-18)6-7-19/h1,8,19H,2-7,9H2,(H2,14,15,16). The third kappa shape index (κ3) is 2.90. The summed E-state index contributed by atoms with van der Waals surface area (Å²) in [6, 6.07) is 1.97. The predicted molar refractivity (Wildman–Crippen MR) is 80.6 cm³/mol. The van der Waals surface area contributed by atoms with Gasteiger partial charge in [0.25, 0.3) is 0 Å². The molecule has 3 heterocycles. The molecule has 0 spiro atoms. The minimum Gasteiger partial charge on any atom is -0.395 e. The molecule has 0 amide bonds. The topological polar surface area (TPSA) is 78.5 Å². The Morgan fingerprint density at radius 3 is 2.70 bits per heavy atom. The summed E-state index contributed by atoms with van der Waals surface area (Å²) in [5.74, 6) is 1.37. The van der Waals surface area contributed by atoms with E-state index >= 15 is 0 Å². The zero-order valence-electron chi connectivity index (χ0n) is 11.3. The zero-order chi connectivity index (χ0) is 13.9. The first-order valence-corrected chi connectivity index (χ1v) is 7.69. The highest BCUT2D eigenvalue weighted by Gasteiger charge is 2.18. The van der Waals surface area contributed by atoms with E-state index < -0.39 is 0 Å². The van der Waals surface area contributed by atoms with Gasteiger partial charge in [0.15, 0.2) is 0 Å². The number of nitrogen functional groups attached to an aromatic ring is 1. The molecule has 3 N–H and O–H groups in total. The lowest BCUT2D eigenvalue weighted by Crippen LogP contribution is -2.46. The Kier molecular flexibility index (Phi) is 4.11. The van der Waals surface area contributed by atoms with Crippen LogP contribution in [0.2, 0.25) is 0 Å². The number of thiophene rings is 1. The van der Waals surface area contributed by atoms with Crippen LogP contribution in [-0.4, -0.2) is 64.2 Å². The lowest BCUT2D eigenvalue weighted by atomic mass is 10.3. The van der Waals surface area contributed by atoms with Crippen molar-refractivity contribution < 1.29 is 5.11 Å². The van der Waals surface area contributed by atoms with Gasteiger partial charge in [-0.05, 0) is 11.4 Å². The van der Waals surface area contributed by atoms with E-state index in [0.717, 1.165) is 55.3 Å². The van der Waals surface area contributed by atoms with Crippen molar-refractivity contribution in [2.75, 3.05) is 45.1 Å². The highest BCUT2D eigenvalue weighted by Crippen LogP contribution is 2.23. The van der Waals surface area contributed by atoms with Crippen molar-refractivity contribution in [3.63, 3.8) is 0 Å². The van der Waals surface area contributed by atoms with Gasteiger partial charge in [0.05, 0.1) is 18.5 Å². The number of hydrogen-bond acceptors (Lipinski definition) is 7. The van der Waals surface area contributed by atoms with E-state index in [4.69, 9.17) is 10.8 Å². The molecule has 2 aromatic rings. The van der Waals surface area contributed by atoms with Crippen LogP contribution in [0.15, 0.2) is 11.4 Å². The third-order valence-electron chi connectivity index (χ3n) is 3.65. The fraction of sp³-hybridized carbons (Fsp3) is 0.538. The maximum Gasteiger partial charge on any atom is 0.146 e. The van der Waals surface area contributed by atoms with Crippen molar-refractivity contribution in [2.45, 2.75) is 6.54 Å². The van der Waals surface area contributed by atoms with Gasteiger partial charge < -0.3 is 10.8 Å². The molecule has 3 rings (SSSR count). The van der Waals surface area contributed by atoms with Crippen LogP contribution in [0.5, 0.6) is 0 Å². The van der Waals surface area contributed by atoms with E-state index in [9.17, 15) is 0 Å². The maximum absolute atomic E-state index is 8.94. The van der Waals surface area contributed by atoms with Crippen LogP contribution < -0.4 is 5.73 Å². The number of nitrogens with two attached hydrogens (primary N) is 1. The van der Waals surface area contributed by atoms with Crippen molar-refractivity contribution in [1.29, 1.82) is 0 Å². The molecule has 6 nitrogen and oxygen atoms in total. The molecule has 1 fully saturated rings. The zero-order valence-corrected chi connectivity index (χ0v) is 12.1. The number of β-amino-alcohol motifs (C(OH)–C–C–N with tert-alkyl or cyclic N) is 1. The normalized spacial score (nSPS) is 17.9. The number of aromatic nitrogens is 2. The Bertz CT molecular complexity index is 579. The van der Waals surface area contributed by atoms with Crippen LogP contribution in [0.1, 0.15) is 5.82 Å². The lowest BCUT2D eigenvalue weighted by molar-refractivity contribution is 0.107. The fourth-order valence-corrected chi connectivity index (χ4v) is 3.30. The molecular formula is C13H19N5OS. The van der Waals surface area contributed by atoms with Gasteiger partial charge in [-0.25, -0.2) is 9.97 Å². The molecule has 0 unspecified atom stereocenters. The van der Waals surface area contributed by atoms with E-state index in [1.54, 1.807) is 11.3 Å². The highest BCUT2D eigenvalue weighted by atomic mass is 32.1. The van der Waals surface area contributed by atoms with Crippen LogP contribution in [0, 0.1) is 0 Å². The largest absolute Gasteiger partial charge is 0.395 e. The summed E-state index contributed by atoms with van der Waals surface area (Å²) in [5.41, 5.74) is 5.97. The smallest absolute Gasteiger partial charge is 0.146 e. The van der Waals surface area contributed by atoms with Crippen LogP contribution in [0.3, 0.4) is 0 Å². The molecular weight excluding hydrogens is 274 g/mol. The van der Waals surface area contributed by atoms with E-state index in [1.807, 2.05) is 11.4 Å². The van der Waals surface area contributed by atoms with Gasteiger partial charge in [0, 0.05) is 32.7 Å². The lowest BCUT2D eigenvalue weighted by Gasteiger charge is -2.33. The first-order chi connectivity index (χ1) is 9.76. The summed E-state index contributed by atoms with van der Waals surface area (Å²) in [5, 5.41) is 11.9. The number of aliphatic hydroxyl groups is 1. The monoisotopic (exact) mass is 293 g/mol. The summed E-state index contributed by atoms with van der Waals surface area (Å²) < 4.78 is 0. The van der Waals surface area contributed by atoms with Gasteiger partial charge >= 0.3 is 0 Å². The van der Waals surface area contributed by atoms with Crippen LogP contribution in [0.25, 0.3) is 10.2 Å². The molecule has 0 saturated carbocycles. The number of fused-ring (bicyclic) bond motifs is 1. The van der Waals surface area contributed by atoms with E-state index in [1.165, 1.54) is 0 Å². The number of hydrogen-bond donors (Lipinski definition) is 2. The fourth-order valence-electron chi connectivity index (χ4n) is 2.51. The number of aliphatic hydroxyl groups excluding tert-OH is 1. The van der Waals surface area contributed by atoms with Crippen LogP contribution in [0.4, 0.5) is 5.82 Å². The van der Waals surface area contributed by atoms with E-state index in [0.29, 0.717) is 5.82 Å². The molecule has 0 aliphatic carbocycles. The molecule has 1 aliphatic rings. The summed E-state index contributed by atoms with van der Waals surface area (Å²) >= 11 is 1.60. The van der Waals surface area contributed by atoms with E-state index in [-0.39, 0.29) is 6.61 Å². The predicted octanol–water partition coefficient (Wildman–Crippen LogP) is 0.383. The second-order valence-electron chi connectivity index (χ2n) is 5.01. The summed E-state index contributed by atoms with van der Waals surface area (Å²) in [6.07, 6.45) is 0. The van der Waals surface area contributed by atoms with E-state index in [2.05, 4.69) is 19.8 Å². The number of piperazine rings is 1. The molecule has 1 aliphatic heterocycles. The Balaban J connectivity index is 1.65. The number of rotatable bonds is 4. The average Bonchev–Trinajstić information content (AvgIpc) is 2.90. The molecule has 20 heavy (non-hydrogen) atoms. The Hall–Kier alpha value is -1.28. The summed E-state index contributed by atoms with van der Waals surface area (Å²) in [7, 11) is 0. The minimum absolute atomic E-state index is 0.231. The number of anilines is 1. The molecule has 0 atom stereocenters. The van der Waals surface area contributed by atoms with Crippen molar-refractivity contribution in [1.82, 2.24) is 19.8 Å². The number of nitrogens with zero attached hydrogens (tertiary/aromatic N) is 4. The van der Waals surface area contributed by atoms with Crippen molar-refractivity contribution >= 4 is 27.4 Å². The molecule has 1 saturated heterocycles. The van der Waals surface area contributed by atoms with Gasteiger partial charge in [0.2, 0.25) is 0 Å². The SMILES string of the molecule is Nc1nc(CN2CCN(CCO)CC2)nc2sccc12.